The van der Waals surface area contributed by atoms with Crippen molar-refractivity contribution in [2.45, 2.75) is 78.1 Å². The summed E-state index contributed by atoms with van der Waals surface area (Å²) in [6, 6.07) is 0. The third-order valence-corrected chi connectivity index (χ3v) is 9.26. The van der Waals surface area contributed by atoms with E-state index in [0.29, 0.717) is 17.8 Å². The Bertz CT molecular complexity index is 500. The van der Waals surface area contributed by atoms with Crippen molar-refractivity contribution in [2.75, 3.05) is 13.7 Å². The third-order valence-electron chi connectivity index (χ3n) is 9.26. The summed E-state index contributed by atoms with van der Waals surface area (Å²) in [5.41, 5.74) is 0.867. The second-order valence-electron chi connectivity index (χ2n) is 9.98. The van der Waals surface area contributed by atoms with Crippen molar-refractivity contribution in [2.24, 2.45) is 40.4 Å². The molecule has 0 amide bonds. The van der Waals surface area contributed by atoms with E-state index >= 15 is 0 Å². The van der Waals surface area contributed by atoms with Crippen LogP contribution in [0.2, 0.25) is 0 Å². The third kappa shape index (κ3) is 2.35. The summed E-state index contributed by atoms with van der Waals surface area (Å²) < 4.78 is 5.18. The van der Waals surface area contributed by atoms with Crippen molar-refractivity contribution in [1.82, 2.24) is 0 Å². The summed E-state index contributed by atoms with van der Waals surface area (Å²) in [4.78, 5) is 12.6. The van der Waals surface area contributed by atoms with Crippen molar-refractivity contribution >= 4 is 5.78 Å². The molecule has 0 N–H and O–H groups in total. The highest BCUT2D eigenvalue weighted by atomic mass is 16.5. The summed E-state index contributed by atoms with van der Waals surface area (Å²) in [6.07, 6.45) is 13.8. The van der Waals surface area contributed by atoms with Gasteiger partial charge >= 0.3 is 0 Å². The number of carbonyl (C=O) groups excluding carboxylic acids is 1. The number of hydrogen-bond donors (Lipinski definition) is 0. The Balaban J connectivity index is 1.58. The first-order chi connectivity index (χ1) is 11.5. The van der Waals surface area contributed by atoms with Crippen LogP contribution in [0.15, 0.2) is 0 Å². The average Bonchev–Trinajstić information content (AvgIpc) is 2.92. The van der Waals surface area contributed by atoms with Gasteiger partial charge in [-0.05, 0) is 85.9 Å². The number of rotatable bonds is 3. The molecular weight excluding hydrogens is 296 g/mol. The molecule has 2 nitrogen and oxygen atoms in total. The van der Waals surface area contributed by atoms with E-state index in [0.717, 1.165) is 30.1 Å². The van der Waals surface area contributed by atoms with Gasteiger partial charge in [0.25, 0.3) is 0 Å². The molecule has 4 fully saturated rings. The van der Waals surface area contributed by atoms with E-state index in [1.54, 1.807) is 7.11 Å². The molecule has 0 spiro atoms. The smallest absolute Gasteiger partial charge is 0.162 e. The van der Waals surface area contributed by atoms with Crippen molar-refractivity contribution in [1.29, 1.82) is 0 Å². The summed E-state index contributed by atoms with van der Waals surface area (Å²) in [5, 5.41) is 0. The molecule has 0 aliphatic heterocycles. The molecule has 0 radical (unpaired) electrons. The lowest BCUT2D eigenvalue weighted by Gasteiger charge is -2.60. The fraction of sp³-hybridized carbons (Fsp3) is 0.955. The second kappa shape index (κ2) is 6.11. The van der Waals surface area contributed by atoms with Gasteiger partial charge < -0.3 is 4.74 Å². The topological polar surface area (TPSA) is 26.3 Å². The lowest BCUT2D eigenvalue weighted by atomic mass is 9.45. The normalized spacial score (nSPS) is 50.7. The number of methoxy groups -OCH3 is 1. The van der Waals surface area contributed by atoms with Crippen LogP contribution in [0.25, 0.3) is 0 Å². The summed E-state index contributed by atoms with van der Waals surface area (Å²) in [6.45, 7) is 5.41. The minimum atomic E-state index is 0.259. The van der Waals surface area contributed by atoms with Gasteiger partial charge in [-0.3, -0.25) is 4.79 Å². The summed E-state index contributed by atoms with van der Waals surface area (Å²) in [5.74, 6) is 4.25. The first-order valence-corrected chi connectivity index (χ1v) is 10.5. The van der Waals surface area contributed by atoms with E-state index in [-0.39, 0.29) is 11.3 Å². The molecular formula is C22H36O2. The monoisotopic (exact) mass is 332 g/mol. The van der Waals surface area contributed by atoms with Gasteiger partial charge in [-0.1, -0.05) is 26.7 Å². The predicted molar refractivity (Wildman–Crippen MR) is 96.7 cm³/mol. The van der Waals surface area contributed by atoms with E-state index in [9.17, 15) is 4.79 Å². The van der Waals surface area contributed by atoms with Crippen LogP contribution in [0.4, 0.5) is 0 Å². The highest BCUT2D eigenvalue weighted by Crippen LogP contribution is 2.67. The minimum Gasteiger partial charge on any atom is -0.377 e. The standard InChI is InChI=1S/C22H36O2/c1-21-12-5-4-6-15(21)7-8-16-17-9-10-19(20(23)14-24-3)22(17,2)13-11-18(16)21/h15-19H,4-14H2,1-3H3/t15-,16+,17-,18-,19+,21+,22+/m1/s1. The number of ketones is 1. The van der Waals surface area contributed by atoms with Crippen LogP contribution < -0.4 is 0 Å². The first-order valence-electron chi connectivity index (χ1n) is 10.5. The quantitative estimate of drug-likeness (QED) is 0.705. The fourth-order valence-electron chi connectivity index (χ4n) is 8.07. The molecule has 0 aromatic rings. The summed E-state index contributed by atoms with van der Waals surface area (Å²) >= 11 is 0. The lowest BCUT2D eigenvalue weighted by molar-refractivity contribution is -0.138. The van der Waals surface area contributed by atoms with Gasteiger partial charge in [0.2, 0.25) is 0 Å². The van der Waals surface area contributed by atoms with Crippen molar-refractivity contribution in [3.05, 3.63) is 0 Å². The highest BCUT2D eigenvalue weighted by molar-refractivity contribution is 5.83. The number of hydrogen-bond acceptors (Lipinski definition) is 2. The number of Topliss-reactive ketones (excluding diaryl/α,β-unsaturated/α-hetero) is 1. The Morgan fingerprint density at radius 3 is 2.50 bits per heavy atom. The van der Waals surface area contributed by atoms with Gasteiger partial charge in [-0.15, -0.1) is 0 Å². The van der Waals surface area contributed by atoms with Crippen LogP contribution >= 0.6 is 0 Å². The van der Waals surface area contributed by atoms with Gasteiger partial charge in [0.1, 0.15) is 6.61 Å². The van der Waals surface area contributed by atoms with E-state index in [2.05, 4.69) is 13.8 Å². The van der Waals surface area contributed by atoms with Crippen molar-refractivity contribution < 1.29 is 9.53 Å². The molecule has 4 rings (SSSR count). The molecule has 0 unspecified atom stereocenters. The largest absolute Gasteiger partial charge is 0.377 e. The maximum atomic E-state index is 12.6. The van der Waals surface area contributed by atoms with Crippen molar-refractivity contribution in [3.8, 4) is 0 Å². The zero-order valence-electron chi connectivity index (χ0n) is 16.0. The van der Waals surface area contributed by atoms with Gasteiger partial charge in [-0.25, -0.2) is 0 Å². The molecule has 4 saturated carbocycles. The fourth-order valence-corrected chi connectivity index (χ4v) is 8.07. The SMILES string of the molecule is COCC(=O)[C@@H]1CC[C@@H]2[C@@H]3CC[C@H]4CCCC[C@]4(C)[C@@H]3CC[C@@]21C. The molecule has 0 saturated heterocycles. The number of fused-ring (bicyclic) bond motifs is 5. The maximum Gasteiger partial charge on any atom is 0.162 e. The maximum absolute atomic E-state index is 12.6. The Morgan fingerprint density at radius 2 is 1.71 bits per heavy atom. The first kappa shape index (κ1) is 17.1. The van der Waals surface area contributed by atoms with E-state index in [1.807, 2.05) is 0 Å². The molecule has 136 valence electrons. The molecule has 0 bridgehead atoms. The van der Waals surface area contributed by atoms with Crippen LogP contribution in [0, 0.1) is 40.4 Å². The Morgan fingerprint density at radius 1 is 0.917 bits per heavy atom. The Hall–Kier alpha value is -0.370. The van der Waals surface area contributed by atoms with Crippen LogP contribution in [-0.2, 0) is 9.53 Å². The second-order valence-corrected chi connectivity index (χ2v) is 9.98. The van der Waals surface area contributed by atoms with Gasteiger partial charge in [-0.2, -0.15) is 0 Å². The zero-order valence-corrected chi connectivity index (χ0v) is 16.0. The molecule has 2 heteroatoms. The Labute approximate surface area is 148 Å². The molecule has 0 aromatic heterocycles. The van der Waals surface area contributed by atoms with E-state index in [4.69, 9.17) is 4.74 Å². The molecule has 4 aliphatic rings. The average molecular weight is 333 g/mol. The predicted octanol–water partition coefficient (Wildman–Crippen LogP) is 5.25. The highest BCUT2D eigenvalue weighted by Gasteiger charge is 2.60. The van der Waals surface area contributed by atoms with Gasteiger partial charge in [0, 0.05) is 13.0 Å². The van der Waals surface area contributed by atoms with Crippen LogP contribution in [-0.4, -0.2) is 19.5 Å². The van der Waals surface area contributed by atoms with Gasteiger partial charge in [0.15, 0.2) is 5.78 Å². The molecule has 0 heterocycles. The molecule has 0 aromatic carbocycles. The van der Waals surface area contributed by atoms with Crippen LogP contribution in [0.5, 0.6) is 0 Å². The number of ether oxygens (including phenoxy) is 1. The summed E-state index contributed by atoms with van der Waals surface area (Å²) in [7, 11) is 1.66. The number of carbonyl (C=O) groups is 1. The van der Waals surface area contributed by atoms with Crippen molar-refractivity contribution in [3.63, 3.8) is 0 Å². The Kier molecular flexibility index (Phi) is 4.34. The molecule has 4 aliphatic carbocycles. The van der Waals surface area contributed by atoms with E-state index < -0.39 is 0 Å². The van der Waals surface area contributed by atoms with Crippen LogP contribution in [0.3, 0.4) is 0 Å². The van der Waals surface area contributed by atoms with Crippen LogP contribution in [0.1, 0.15) is 78.1 Å². The van der Waals surface area contributed by atoms with Gasteiger partial charge in [0.05, 0.1) is 0 Å². The lowest BCUT2D eigenvalue weighted by Crippen LogP contribution is -2.53. The molecule has 24 heavy (non-hydrogen) atoms. The zero-order chi connectivity index (χ0) is 16.9. The van der Waals surface area contributed by atoms with E-state index in [1.165, 1.54) is 57.8 Å². The minimum absolute atomic E-state index is 0.259. The molecule has 7 atom stereocenters.